The molecule has 0 aliphatic heterocycles. The molecule has 0 unspecified atom stereocenters. The van der Waals surface area contributed by atoms with Crippen LogP contribution in [0.25, 0.3) is 0 Å². The SMILES string of the molecule is O=C(NCc1ncn[nH]1)NC12CC3CC(CC(C3)C1)C2. The number of urea groups is 1. The van der Waals surface area contributed by atoms with Crippen molar-refractivity contribution in [2.24, 2.45) is 17.8 Å². The highest BCUT2D eigenvalue weighted by Crippen LogP contribution is 2.55. The standard InChI is InChI=1S/C14H21N5O/c20-13(15-7-12-16-8-17-19-12)18-14-4-9-1-10(5-14)3-11(2-9)6-14/h8-11H,1-7H2,(H2,15,18,20)(H,16,17,19). The first-order valence-corrected chi connectivity index (χ1v) is 7.61. The van der Waals surface area contributed by atoms with Gasteiger partial charge in [0.05, 0.1) is 6.54 Å². The summed E-state index contributed by atoms with van der Waals surface area (Å²) in [6, 6.07) is -0.0663. The summed E-state index contributed by atoms with van der Waals surface area (Å²) < 4.78 is 0. The lowest BCUT2D eigenvalue weighted by molar-refractivity contribution is -0.0135. The van der Waals surface area contributed by atoms with Gasteiger partial charge in [0, 0.05) is 5.54 Å². The fourth-order valence-electron chi connectivity index (χ4n) is 5.03. The lowest BCUT2D eigenvalue weighted by Crippen LogP contribution is -2.61. The topological polar surface area (TPSA) is 82.7 Å². The average Bonchev–Trinajstić information content (AvgIpc) is 2.87. The Morgan fingerprint density at radius 3 is 2.45 bits per heavy atom. The molecule has 3 N–H and O–H groups in total. The normalized spacial score (nSPS) is 37.9. The van der Waals surface area contributed by atoms with Crippen molar-refractivity contribution in [3.63, 3.8) is 0 Å². The van der Waals surface area contributed by atoms with Crippen LogP contribution in [0.2, 0.25) is 0 Å². The van der Waals surface area contributed by atoms with Gasteiger partial charge in [0.15, 0.2) is 0 Å². The van der Waals surface area contributed by atoms with Crippen molar-refractivity contribution in [3.8, 4) is 0 Å². The molecular formula is C14H21N5O. The van der Waals surface area contributed by atoms with Gasteiger partial charge in [-0.05, 0) is 56.3 Å². The number of carbonyl (C=O) groups excluding carboxylic acids is 1. The molecular weight excluding hydrogens is 254 g/mol. The number of H-pyrrole nitrogens is 1. The Kier molecular flexibility index (Phi) is 2.72. The number of hydrogen-bond acceptors (Lipinski definition) is 3. The molecule has 6 heteroatoms. The monoisotopic (exact) mass is 275 g/mol. The van der Waals surface area contributed by atoms with Crippen LogP contribution in [0, 0.1) is 17.8 Å². The summed E-state index contributed by atoms with van der Waals surface area (Å²) >= 11 is 0. The molecule has 2 amide bonds. The first kappa shape index (κ1) is 12.2. The summed E-state index contributed by atoms with van der Waals surface area (Å²) in [5.41, 5.74) is 0.0697. The smallest absolute Gasteiger partial charge is 0.315 e. The van der Waals surface area contributed by atoms with Gasteiger partial charge in [0.2, 0.25) is 0 Å². The molecule has 1 heterocycles. The molecule has 1 aromatic heterocycles. The van der Waals surface area contributed by atoms with E-state index < -0.39 is 0 Å². The van der Waals surface area contributed by atoms with Gasteiger partial charge in [-0.25, -0.2) is 9.78 Å². The maximum Gasteiger partial charge on any atom is 0.315 e. The van der Waals surface area contributed by atoms with E-state index in [1.807, 2.05) is 0 Å². The number of nitrogens with zero attached hydrogens (tertiary/aromatic N) is 2. The highest BCUT2D eigenvalue weighted by molar-refractivity contribution is 5.74. The van der Waals surface area contributed by atoms with Gasteiger partial charge >= 0.3 is 6.03 Å². The third-order valence-corrected chi connectivity index (χ3v) is 5.30. The van der Waals surface area contributed by atoms with Crippen LogP contribution in [-0.4, -0.2) is 26.8 Å². The van der Waals surface area contributed by atoms with E-state index >= 15 is 0 Å². The number of amides is 2. The van der Waals surface area contributed by atoms with Gasteiger partial charge in [0.25, 0.3) is 0 Å². The Morgan fingerprint density at radius 1 is 1.25 bits per heavy atom. The largest absolute Gasteiger partial charge is 0.333 e. The number of nitrogens with one attached hydrogen (secondary N) is 3. The van der Waals surface area contributed by atoms with Gasteiger partial charge in [-0.2, -0.15) is 5.10 Å². The molecule has 4 aliphatic rings. The predicted molar refractivity (Wildman–Crippen MR) is 72.7 cm³/mol. The molecule has 6 nitrogen and oxygen atoms in total. The van der Waals surface area contributed by atoms with Crippen molar-refractivity contribution < 1.29 is 4.79 Å². The maximum atomic E-state index is 12.1. The number of hydrogen-bond donors (Lipinski definition) is 3. The fraction of sp³-hybridized carbons (Fsp3) is 0.786. The Hall–Kier alpha value is -1.59. The molecule has 4 aliphatic carbocycles. The van der Waals surface area contributed by atoms with Crippen LogP contribution in [0.5, 0.6) is 0 Å². The van der Waals surface area contributed by atoms with Crippen molar-refractivity contribution in [2.45, 2.75) is 50.6 Å². The van der Waals surface area contributed by atoms with Crippen molar-refractivity contribution in [1.29, 1.82) is 0 Å². The van der Waals surface area contributed by atoms with Crippen LogP contribution in [0.15, 0.2) is 6.33 Å². The maximum absolute atomic E-state index is 12.1. The second-order valence-corrected chi connectivity index (χ2v) is 6.94. The summed E-state index contributed by atoms with van der Waals surface area (Å²) in [5, 5.41) is 12.7. The van der Waals surface area contributed by atoms with E-state index in [-0.39, 0.29) is 11.6 Å². The fourth-order valence-corrected chi connectivity index (χ4v) is 5.03. The summed E-state index contributed by atoms with van der Waals surface area (Å²) in [6.07, 6.45) is 9.15. The lowest BCUT2D eigenvalue weighted by Gasteiger charge is -2.56. The second kappa shape index (κ2) is 4.46. The Labute approximate surface area is 118 Å². The first-order chi connectivity index (χ1) is 9.71. The van der Waals surface area contributed by atoms with E-state index in [0.29, 0.717) is 12.4 Å². The van der Waals surface area contributed by atoms with E-state index in [9.17, 15) is 4.79 Å². The highest BCUT2D eigenvalue weighted by atomic mass is 16.2. The quantitative estimate of drug-likeness (QED) is 0.783. The molecule has 5 rings (SSSR count). The third-order valence-electron chi connectivity index (χ3n) is 5.30. The van der Waals surface area contributed by atoms with Crippen LogP contribution < -0.4 is 10.6 Å². The zero-order chi connectivity index (χ0) is 13.6. The summed E-state index contributed by atoms with van der Waals surface area (Å²) in [7, 11) is 0. The van der Waals surface area contributed by atoms with E-state index in [2.05, 4.69) is 25.8 Å². The zero-order valence-corrected chi connectivity index (χ0v) is 11.6. The Morgan fingerprint density at radius 2 is 1.90 bits per heavy atom. The number of rotatable bonds is 3. The van der Waals surface area contributed by atoms with E-state index in [1.165, 1.54) is 44.9 Å². The molecule has 0 spiro atoms. The van der Waals surface area contributed by atoms with Crippen LogP contribution in [0.1, 0.15) is 44.3 Å². The summed E-state index contributed by atoms with van der Waals surface area (Å²) in [6.45, 7) is 0.401. The van der Waals surface area contributed by atoms with Crippen molar-refractivity contribution in [2.75, 3.05) is 0 Å². The average molecular weight is 275 g/mol. The zero-order valence-electron chi connectivity index (χ0n) is 11.6. The lowest BCUT2D eigenvalue weighted by atomic mass is 9.53. The number of carbonyl (C=O) groups is 1. The molecule has 4 bridgehead atoms. The Balaban J connectivity index is 1.37. The summed E-state index contributed by atoms with van der Waals surface area (Å²) in [4.78, 5) is 16.1. The molecule has 4 saturated carbocycles. The molecule has 1 aromatic rings. The molecule has 0 radical (unpaired) electrons. The predicted octanol–water partition coefficient (Wildman–Crippen LogP) is 1.57. The Bertz CT molecular complexity index is 462. The van der Waals surface area contributed by atoms with E-state index in [1.54, 1.807) is 0 Å². The van der Waals surface area contributed by atoms with Gasteiger partial charge in [-0.1, -0.05) is 0 Å². The van der Waals surface area contributed by atoms with Crippen LogP contribution in [-0.2, 0) is 6.54 Å². The van der Waals surface area contributed by atoms with Crippen LogP contribution in [0.3, 0.4) is 0 Å². The van der Waals surface area contributed by atoms with E-state index in [0.717, 1.165) is 17.8 Å². The van der Waals surface area contributed by atoms with Crippen molar-refractivity contribution in [3.05, 3.63) is 12.2 Å². The van der Waals surface area contributed by atoms with Crippen LogP contribution >= 0.6 is 0 Å². The van der Waals surface area contributed by atoms with Crippen molar-refractivity contribution >= 4 is 6.03 Å². The minimum Gasteiger partial charge on any atom is -0.333 e. The van der Waals surface area contributed by atoms with Crippen LogP contribution in [0.4, 0.5) is 4.79 Å². The first-order valence-electron chi connectivity index (χ1n) is 7.61. The molecule has 0 aromatic carbocycles. The second-order valence-electron chi connectivity index (χ2n) is 6.94. The minimum absolute atomic E-state index is 0.0663. The summed E-state index contributed by atoms with van der Waals surface area (Å²) in [5.74, 6) is 3.22. The molecule has 0 atom stereocenters. The van der Waals surface area contributed by atoms with Crippen molar-refractivity contribution in [1.82, 2.24) is 25.8 Å². The molecule has 20 heavy (non-hydrogen) atoms. The number of aromatic nitrogens is 3. The van der Waals surface area contributed by atoms with Gasteiger partial charge < -0.3 is 10.6 Å². The van der Waals surface area contributed by atoms with E-state index in [4.69, 9.17) is 0 Å². The molecule has 0 saturated heterocycles. The third kappa shape index (κ3) is 2.17. The van der Waals surface area contributed by atoms with Gasteiger partial charge in [-0.3, -0.25) is 5.10 Å². The highest BCUT2D eigenvalue weighted by Gasteiger charge is 2.51. The minimum atomic E-state index is -0.0663. The molecule has 4 fully saturated rings. The number of aromatic amines is 1. The van der Waals surface area contributed by atoms with Gasteiger partial charge in [0.1, 0.15) is 12.2 Å². The molecule has 108 valence electrons. The van der Waals surface area contributed by atoms with Gasteiger partial charge in [-0.15, -0.1) is 0 Å².